The summed E-state index contributed by atoms with van der Waals surface area (Å²) in [6.07, 6.45) is 3.85. The SMILES string of the molecule is CCNC1CCN(C(C)c2ncc(CC)s2)C1=O. The van der Waals surface area contributed by atoms with E-state index in [-0.39, 0.29) is 18.0 Å². The quantitative estimate of drug-likeness (QED) is 0.887. The molecule has 100 valence electrons. The zero-order chi connectivity index (χ0) is 13.1. The lowest BCUT2D eigenvalue weighted by Crippen LogP contribution is -2.39. The first-order chi connectivity index (χ1) is 8.67. The molecule has 2 atom stereocenters. The molecule has 1 saturated heterocycles. The lowest BCUT2D eigenvalue weighted by Gasteiger charge is -2.23. The maximum Gasteiger partial charge on any atom is 0.240 e. The van der Waals surface area contributed by atoms with Gasteiger partial charge < -0.3 is 10.2 Å². The topological polar surface area (TPSA) is 45.2 Å². The third-order valence-electron chi connectivity index (χ3n) is 3.44. The average molecular weight is 267 g/mol. The van der Waals surface area contributed by atoms with Crippen LogP contribution in [0.15, 0.2) is 6.20 Å². The Morgan fingerprint density at radius 3 is 3.00 bits per heavy atom. The number of carbonyl (C=O) groups is 1. The molecule has 18 heavy (non-hydrogen) atoms. The van der Waals surface area contributed by atoms with Gasteiger partial charge in [-0.2, -0.15) is 0 Å². The third-order valence-corrected chi connectivity index (χ3v) is 4.75. The third kappa shape index (κ3) is 2.57. The van der Waals surface area contributed by atoms with Crippen molar-refractivity contribution in [2.24, 2.45) is 0 Å². The van der Waals surface area contributed by atoms with Crippen molar-refractivity contribution >= 4 is 17.2 Å². The summed E-state index contributed by atoms with van der Waals surface area (Å²) in [5.41, 5.74) is 0. The van der Waals surface area contributed by atoms with Crippen LogP contribution in [-0.4, -0.2) is 34.9 Å². The van der Waals surface area contributed by atoms with Gasteiger partial charge in [0.25, 0.3) is 0 Å². The first kappa shape index (κ1) is 13.5. The van der Waals surface area contributed by atoms with Crippen LogP contribution in [0, 0.1) is 0 Å². The summed E-state index contributed by atoms with van der Waals surface area (Å²) in [7, 11) is 0. The second-order valence-electron chi connectivity index (χ2n) is 4.62. The van der Waals surface area contributed by atoms with Gasteiger partial charge in [-0.05, 0) is 26.3 Å². The van der Waals surface area contributed by atoms with Crippen molar-refractivity contribution < 1.29 is 4.79 Å². The van der Waals surface area contributed by atoms with Crippen LogP contribution in [0.1, 0.15) is 43.1 Å². The van der Waals surface area contributed by atoms with Crippen molar-refractivity contribution in [2.75, 3.05) is 13.1 Å². The van der Waals surface area contributed by atoms with Gasteiger partial charge >= 0.3 is 0 Å². The number of aryl methyl sites for hydroxylation is 1. The van der Waals surface area contributed by atoms with Gasteiger partial charge in [-0.3, -0.25) is 4.79 Å². The second kappa shape index (κ2) is 5.80. The first-order valence-electron chi connectivity index (χ1n) is 6.65. The van der Waals surface area contributed by atoms with E-state index in [1.807, 2.05) is 18.0 Å². The maximum absolute atomic E-state index is 12.2. The summed E-state index contributed by atoms with van der Waals surface area (Å²) in [6.45, 7) is 7.91. The van der Waals surface area contributed by atoms with Crippen LogP contribution in [0.3, 0.4) is 0 Å². The van der Waals surface area contributed by atoms with E-state index in [0.29, 0.717) is 0 Å². The molecule has 1 aromatic heterocycles. The number of nitrogens with zero attached hydrogens (tertiary/aromatic N) is 2. The largest absolute Gasteiger partial charge is 0.332 e. The van der Waals surface area contributed by atoms with Gasteiger partial charge in [-0.1, -0.05) is 13.8 Å². The molecule has 0 aromatic carbocycles. The molecule has 4 nitrogen and oxygen atoms in total. The zero-order valence-corrected chi connectivity index (χ0v) is 12.1. The van der Waals surface area contributed by atoms with E-state index in [1.54, 1.807) is 11.3 Å². The number of likely N-dealkylation sites (N-methyl/N-ethyl adjacent to an activating group) is 1. The van der Waals surface area contributed by atoms with Crippen LogP contribution in [0.4, 0.5) is 0 Å². The van der Waals surface area contributed by atoms with E-state index in [9.17, 15) is 4.79 Å². The minimum Gasteiger partial charge on any atom is -0.332 e. The summed E-state index contributed by atoms with van der Waals surface area (Å²) in [5, 5.41) is 4.29. The molecule has 2 unspecified atom stereocenters. The van der Waals surface area contributed by atoms with Crippen LogP contribution in [0.2, 0.25) is 0 Å². The summed E-state index contributed by atoms with van der Waals surface area (Å²) < 4.78 is 0. The molecule has 2 heterocycles. The molecule has 1 N–H and O–H groups in total. The summed E-state index contributed by atoms with van der Waals surface area (Å²) in [4.78, 5) is 19.9. The molecule has 0 radical (unpaired) electrons. The molecule has 0 spiro atoms. The molecule has 0 aliphatic carbocycles. The van der Waals surface area contributed by atoms with Crippen molar-refractivity contribution in [1.29, 1.82) is 0 Å². The Balaban J connectivity index is 2.05. The Morgan fingerprint density at radius 1 is 1.61 bits per heavy atom. The smallest absolute Gasteiger partial charge is 0.240 e. The normalized spacial score (nSPS) is 21.6. The minimum atomic E-state index is 0.00283. The van der Waals surface area contributed by atoms with Gasteiger partial charge in [-0.15, -0.1) is 11.3 Å². The van der Waals surface area contributed by atoms with Crippen molar-refractivity contribution in [3.8, 4) is 0 Å². The molecular weight excluding hydrogens is 246 g/mol. The molecule has 1 amide bonds. The number of amides is 1. The van der Waals surface area contributed by atoms with Crippen LogP contribution in [0.5, 0.6) is 0 Å². The fraction of sp³-hybridized carbons (Fsp3) is 0.692. The maximum atomic E-state index is 12.2. The number of likely N-dealkylation sites (tertiary alicyclic amines) is 1. The predicted molar refractivity (Wildman–Crippen MR) is 73.7 cm³/mol. The average Bonchev–Trinajstić information content (AvgIpc) is 2.97. The molecule has 1 aromatic rings. The van der Waals surface area contributed by atoms with E-state index < -0.39 is 0 Å². The highest BCUT2D eigenvalue weighted by Gasteiger charge is 2.35. The van der Waals surface area contributed by atoms with E-state index in [1.165, 1.54) is 4.88 Å². The van der Waals surface area contributed by atoms with Gasteiger partial charge in [0, 0.05) is 17.6 Å². The van der Waals surface area contributed by atoms with Gasteiger partial charge in [0.2, 0.25) is 5.91 Å². The number of hydrogen-bond donors (Lipinski definition) is 1. The van der Waals surface area contributed by atoms with Crippen LogP contribution in [-0.2, 0) is 11.2 Å². The van der Waals surface area contributed by atoms with Crippen molar-refractivity contribution in [3.63, 3.8) is 0 Å². The molecule has 5 heteroatoms. The van der Waals surface area contributed by atoms with E-state index >= 15 is 0 Å². The standard InChI is InChI=1S/C13H21N3OS/c1-4-10-8-15-12(18-10)9(3)16-7-6-11(13(16)17)14-5-2/h8-9,11,14H,4-7H2,1-3H3. The molecular formula is C13H21N3OS. The molecule has 2 rings (SSSR count). The molecule has 1 fully saturated rings. The predicted octanol–water partition coefficient (Wildman–Crippen LogP) is 1.98. The monoisotopic (exact) mass is 267 g/mol. The number of rotatable bonds is 5. The Kier molecular flexibility index (Phi) is 4.35. The summed E-state index contributed by atoms with van der Waals surface area (Å²) >= 11 is 1.72. The number of nitrogens with one attached hydrogen (secondary N) is 1. The minimum absolute atomic E-state index is 0.00283. The fourth-order valence-corrected chi connectivity index (χ4v) is 3.26. The van der Waals surface area contributed by atoms with E-state index in [4.69, 9.17) is 0 Å². The summed E-state index contributed by atoms with van der Waals surface area (Å²) in [6, 6.07) is 0.106. The Bertz CT molecular complexity index is 418. The zero-order valence-electron chi connectivity index (χ0n) is 11.3. The number of carbonyl (C=O) groups excluding carboxylic acids is 1. The first-order valence-corrected chi connectivity index (χ1v) is 7.47. The second-order valence-corrected chi connectivity index (χ2v) is 5.77. The molecule has 0 bridgehead atoms. The Labute approximate surface area is 112 Å². The van der Waals surface area contributed by atoms with Crippen molar-refractivity contribution in [3.05, 3.63) is 16.1 Å². The highest BCUT2D eigenvalue weighted by atomic mass is 32.1. The lowest BCUT2D eigenvalue weighted by molar-refractivity contribution is -0.131. The highest BCUT2D eigenvalue weighted by molar-refractivity contribution is 7.11. The molecule has 1 aliphatic rings. The Hall–Kier alpha value is -0.940. The van der Waals surface area contributed by atoms with Crippen molar-refractivity contribution in [1.82, 2.24) is 15.2 Å². The van der Waals surface area contributed by atoms with Gasteiger partial charge in [0.15, 0.2) is 0 Å². The van der Waals surface area contributed by atoms with Gasteiger partial charge in [0.05, 0.1) is 12.1 Å². The number of hydrogen-bond acceptors (Lipinski definition) is 4. The summed E-state index contributed by atoms with van der Waals surface area (Å²) in [5.74, 6) is 0.220. The Morgan fingerprint density at radius 2 is 2.39 bits per heavy atom. The lowest BCUT2D eigenvalue weighted by atomic mass is 10.2. The van der Waals surface area contributed by atoms with Gasteiger partial charge in [-0.25, -0.2) is 4.98 Å². The van der Waals surface area contributed by atoms with E-state index in [0.717, 1.165) is 30.9 Å². The van der Waals surface area contributed by atoms with Gasteiger partial charge in [0.1, 0.15) is 5.01 Å². The molecule has 1 aliphatic heterocycles. The van der Waals surface area contributed by atoms with E-state index in [2.05, 4.69) is 24.1 Å². The van der Waals surface area contributed by atoms with Crippen LogP contribution in [0.25, 0.3) is 0 Å². The van der Waals surface area contributed by atoms with Crippen LogP contribution < -0.4 is 5.32 Å². The number of aromatic nitrogens is 1. The number of thiazole rings is 1. The molecule has 0 saturated carbocycles. The van der Waals surface area contributed by atoms with Crippen LogP contribution >= 0.6 is 11.3 Å². The van der Waals surface area contributed by atoms with Crippen molar-refractivity contribution in [2.45, 2.75) is 45.7 Å². The fourth-order valence-electron chi connectivity index (χ4n) is 2.33. The highest BCUT2D eigenvalue weighted by Crippen LogP contribution is 2.28.